The quantitative estimate of drug-likeness (QED) is 0.588. The molecular weight excluding hydrogens is 334 g/mol. The van der Waals surface area contributed by atoms with E-state index in [0.717, 1.165) is 44.0 Å². The first-order valence-corrected chi connectivity index (χ1v) is 10.5. The van der Waals surface area contributed by atoms with Crippen molar-refractivity contribution in [1.29, 1.82) is 0 Å². The molecule has 0 unspecified atom stereocenters. The topological polar surface area (TPSA) is 32.7 Å². The molecule has 146 valence electrons. The lowest BCUT2D eigenvalue weighted by Crippen LogP contribution is -2.29. The second kappa shape index (κ2) is 10.5. The zero-order valence-electron chi connectivity index (χ0n) is 16.5. The Balaban J connectivity index is 1.68. The zero-order valence-corrected chi connectivity index (χ0v) is 16.5. The van der Waals surface area contributed by atoms with Crippen molar-refractivity contribution in [3.05, 3.63) is 65.7 Å². The summed E-state index contributed by atoms with van der Waals surface area (Å²) in [6.45, 7) is 6.14. The van der Waals surface area contributed by atoms with Crippen molar-refractivity contribution in [3.8, 4) is 5.75 Å². The summed E-state index contributed by atoms with van der Waals surface area (Å²) in [7, 11) is 0. The first kappa shape index (κ1) is 19.9. The number of ether oxygens (including phenoxy) is 1. The Morgan fingerprint density at radius 1 is 0.926 bits per heavy atom. The fourth-order valence-electron chi connectivity index (χ4n) is 3.87. The average Bonchev–Trinajstić information content (AvgIpc) is 3.23. The van der Waals surface area contributed by atoms with Gasteiger partial charge in [-0.15, -0.1) is 0 Å². The predicted octanol–water partition coefficient (Wildman–Crippen LogP) is 5.17. The highest BCUT2D eigenvalue weighted by Crippen LogP contribution is 2.33. The molecule has 0 bridgehead atoms. The number of benzene rings is 2. The van der Waals surface area contributed by atoms with Gasteiger partial charge in [-0.3, -0.25) is 0 Å². The van der Waals surface area contributed by atoms with E-state index in [4.69, 9.17) is 4.74 Å². The molecule has 0 radical (unpaired) electrons. The first-order chi connectivity index (χ1) is 13.3. The van der Waals surface area contributed by atoms with Crippen LogP contribution in [0.4, 0.5) is 0 Å². The van der Waals surface area contributed by atoms with E-state index in [-0.39, 0.29) is 5.92 Å². The van der Waals surface area contributed by atoms with Gasteiger partial charge in [0.2, 0.25) is 0 Å². The summed E-state index contributed by atoms with van der Waals surface area (Å²) in [6, 6.07) is 18.4. The van der Waals surface area contributed by atoms with Crippen LogP contribution in [0.5, 0.6) is 5.75 Å². The molecule has 2 atom stereocenters. The molecule has 1 aliphatic rings. The van der Waals surface area contributed by atoms with E-state index >= 15 is 0 Å². The van der Waals surface area contributed by atoms with Gasteiger partial charge in [0.15, 0.2) is 0 Å². The van der Waals surface area contributed by atoms with E-state index in [1.54, 1.807) is 0 Å². The highest BCUT2D eigenvalue weighted by Gasteiger charge is 2.26. The maximum atomic E-state index is 11.2. The minimum Gasteiger partial charge on any atom is -0.494 e. The SMILES string of the molecule is CCCCCOc1ccc([C@H](O)[C@H](CN2CCCC2)c2ccccc2)cc1. The number of hydrogen-bond acceptors (Lipinski definition) is 3. The largest absolute Gasteiger partial charge is 0.494 e. The van der Waals surface area contributed by atoms with Crippen LogP contribution in [0.2, 0.25) is 0 Å². The van der Waals surface area contributed by atoms with Crippen molar-refractivity contribution in [2.75, 3.05) is 26.2 Å². The number of hydrogen-bond donors (Lipinski definition) is 1. The van der Waals surface area contributed by atoms with Crippen molar-refractivity contribution < 1.29 is 9.84 Å². The van der Waals surface area contributed by atoms with Crippen molar-refractivity contribution in [3.63, 3.8) is 0 Å². The summed E-state index contributed by atoms with van der Waals surface area (Å²) in [5.41, 5.74) is 2.17. The van der Waals surface area contributed by atoms with Gasteiger partial charge < -0.3 is 14.7 Å². The maximum Gasteiger partial charge on any atom is 0.119 e. The van der Waals surface area contributed by atoms with Gasteiger partial charge in [0, 0.05) is 12.5 Å². The Labute approximate surface area is 164 Å². The highest BCUT2D eigenvalue weighted by molar-refractivity contribution is 5.32. The fourth-order valence-corrected chi connectivity index (χ4v) is 3.87. The van der Waals surface area contributed by atoms with Crippen molar-refractivity contribution in [2.45, 2.75) is 51.0 Å². The van der Waals surface area contributed by atoms with E-state index in [0.29, 0.717) is 0 Å². The minimum atomic E-state index is -0.512. The average molecular weight is 368 g/mol. The van der Waals surface area contributed by atoms with E-state index in [1.165, 1.54) is 31.2 Å². The molecule has 1 saturated heterocycles. The summed E-state index contributed by atoms with van der Waals surface area (Å²) in [4.78, 5) is 2.48. The van der Waals surface area contributed by atoms with Gasteiger partial charge in [0.05, 0.1) is 12.7 Å². The van der Waals surface area contributed by atoms with Gasteiger partial charge in [-0.2, -0.15) is 0 Å². The molecule has 2 aromatic rings. The van der Waals surface area contributed by atoms with Gasteiger partial charge in [-0.05, 0) is 55.6 Å². The van der Waals surface area contributed by atoms with E-state index in [1.807, 2.05) is 30.3 Å². The van der Waals surface area contributed by atoms with Crippen LogP contribution >= 0.6 is 0 Å². The summed E-state index contributed by atoms with van der Waals surface area (Å²) in [5.74, 6) is 0.971. The molecule has 3 heteroatoms. The second-order valence-electron chi connectivity index (χ2n) is 7.59. The maximum absolute atomic E-state index is 11.2. The molecular formula is C24H33NO2. The van der Waals surface area contributed by atoms with Crippen LogP contribution in [-0.2, 0) is 0 Å². The molecule has 1 heterocycles. The number of unbranched alkanes of at least 4 members (excludes halogenated alkanes) is 2. The molecule has 1 aliphatic heterocycles. The van der Waals surface area contributed by atoms with E-state index < -0.39 is 6.10 Å². The molecule has 0 spiro atoms. The van der Waals surface area contributed by atoms with Crippen LogP contribution in [0.25, 0.3) is 0 Å². The number of aliphatic hydroxyl groups excluding tert-OH is 1. The van der Waals surface area contributed by atoms with Gasteiger partial charge in [0.25, 0.3) is 0 Å². The van der Waals surface area contributed by atoms with E-state index in [2.05, 4.69) is 36.1 Å². The monoisotopic (exact) mass is 367 g/mol. The molecule has 0 saturated carbocycles. The van der Waals surface area contributed by atoms with Gasteiger partial charge in [0.1, 0.15) is 5.75 Å². The molecule has 3 rings (SSSR count). The Hall–Kier alpha value is -1.84. The Bertz CT molecular complexity index is 650. The molecule has 0 amide bonds. The smallest absolute Gasteiger partial charge is 0.119 e. The lowest BCUT2D eigenvalue weighted by molar-refractivity contribution is 0.123. The number of likely N-dealkylation sites (tertiary alicyclic amines) is 1. The third-order valence-corrected chi connectivity index (χ3v) is 5.50. The summed E-state index contributed by atoms with van der Waals surface area (Å²) in [6.07, 6.45) is 5.51. The van der Waals surface area contributed by atoms with Crippen molar-refractivity contribution in [1.82, 2.24) is 4.90 Å². The fraction of sp³-hybridized carbons (Fsp3) is 0.500. The third-order valence-electron chi connectivity index (χ3n) is 5.50. The molecule has 1 N–H and O–H groups in total. The summed E-state index contributed by atoms with van der Waals surface area (Å²) < 4.78 is 5.81. The molecule has 0 aliphatic carbocycles. The number of aliphatic hydroxyl groups is 1. The molecule has 27 heavy (non-hydrogen) atoms. The highest BCUT2D eigenvalue weighted by atomic mass is 16.5. The van der Waals surface area contributed by atoms with Crippen LogP contribution in [-0.4, -0.2) is 36.2 Å². The van der Waals surface area contributed by atoms with Gasteiger partial charge >= 0.3 is 0 Å². The molecule has 1 fully saturated rings. The molecule has 2 aromatic carbocycles. The molecule has 3 nitrogen and oxygen atoms in total. The molecule has 0 aromatic heterocycles. The lowest BCUT2D eigenvalue weighted by atomic mass is 9.88. The first-order valence-electron chi connectivity index (χ1n) is 10.5. The van der Waals surface area contributed by atoms with Crippen LogP contribution in [0, 0.1) is 0 Å². The Kier molecular flexibility index (Phi) is 7.73. The van der Waals surface area contributed by atoms with Crippen LogP contribution in [0.1, 0.15) is 62.2 Å². The normalized spacial score (nSPS) is 17.0. The minimum absolute atomic E-state index is 0.0839. The van der Waals surface area contributed by atoms with Crippen LogP contribution in [0.15, 0.2) is 54.6 Å². The van der Waals surface area contributed by atoms with Crippen molar-refractivity contribution in [2.24, 2.45) is 0 Å². The van der Waals surface area contributed by atoms with Gasteiger partial charge in [-0.25, -0.2) is 0 Å². The predicted molar refractivity (Wildman–Crippen MR) is 111 cm³/mol. The standard InChI is InChI=1S/C24H33NO2/c1-2-3-9-18-27-22-14-12-21(13-15-22)24(26)23(19-25-16-7-8-17-25)20-10-5-4-6-11-20/h4-6,10-15,23-24,26H,2-3,7-9,16-19H2,1H3/t23-,24+/m1/s1. The number of nitrogens with zero attached hydrogens (tertiary/aromatic N) is 1. The number of rotatable bonds is 10. The van der Waals surface area contributed by atoms with Crippen LogP contribution < -0.4 is 4.74 Å². The van der Waals surface area contributed by atoms with E-state index in [9.17, 15) is 5.11 Å². The Morgan fingerprint density at radius 2 is 1.63 bits per heavy atom. The van der Waals surface area contributed by atoms with Gasteiger partial charge in [-0.1, -0.05) is 62.2 Å². The lowest BCUT2D eigenvalue weighted by Gasteiger charge is -2.28. The Morgan fingerprint density at radius 3 is 2.30 bits per heavy atom. The van der Waals surface area contributed by atoms with Crippen LogP contribution in [0.3, 0.4) is 0 Å². The summed E-state index contributed by atoms with van der Waals surface area (Å²) in [5, 5.41) is 11.2. The second-order valence-corrected chi connectivity index (χ2v) is 7.59. The summed E-state index contributed by atoms with van der Waals surface area (Å²) >= 11 is 0. The zero-order chi connectivity index (χ0) is 18.9. The van der Waals surface area contributed by atoms with Crippen molar-refractivity contribution >= 4 is 0 Å². The third kappa shape index (κ3) is 5.82.